The van der Waals surface area contributed by atoms with E-state index in [2.05, 4.69) is 5.16 Å². The lowest BCUT2D eigenvalue weighted by Gasteiger charge is -2.42. The van der Waals surface area contributed by atoms with Gasteiger partial charge >= 0.3 is 0 Å². The fourth-order valence-electron chi connectivity index (χ4n) is 4.54. The van der Waals surface area contributed by atoms with Gasteiger partial charge in [0.25, 0.3) is 0 Å². The van der Waals surface area contributed by atoms with Crippen LogP contribution in [-0.4, -0.2) is 68.1 Å². The fourth-order valence-corrected chi connectivity index (χ4v) is 6.25. The summed E-state index contributed by atoms with van der Waals surface area (Å²) in [5.74, 6) is -0.231. The highest BCUT2D eigenvalue weighted by Gasteiger charge is 2.45. The Bertz CT molecular complexity index is 1050. The van der Waals surface area contributed by atoms with Crippen LogP contribution in [0.5, 0.6) is 0 Å². The molecule has 168 valence electrons. The topological polar surface area (TPSA) is 93.0 Å². The summed E-state index contributed by atoms with van der Waals surface area (Å²) in [6.07, 6.45) is 0.930. The Hall–Kier alpha value is -2.30. The number of aromatic nitrogens is 1. The number of halogens is 1. The van der Waals surface area contributed by atoms with E-state index in [9.17, 15) is 17.6 Å². The van der Waals surface area contributed by atoms with Crippen molar-refractivity contribution in [3.05, 3.63) is 47.1 Å². The summed E-state index contributed by atoms with van der Waals surface area (Å²) < 4.78 is 51.9. The zero-order valence-corrected chi connectivity index (χ0v) is 18.5. The molecule has 0 unspecified atom stereocenters. The summed E-state index contributed by atoms with van der Waals surface area (Å²) in [5.41, 5.74) is 0.109. The number of nitrogens with zero attached hydrogens (tertiary/aromatic N) is 3. The van der Waals surface area contributed by atoms with Crippen LogP contribution in [0.25, 0.3) is 0 Å². The van der Waals surface area contributed by atoms with E-state index in [0.29, 0.717) is 37.3 Å². The Balaban J connectivity index is 1.54. The van der Waals surface area contributed by atoms with Gasteiger partial charge in [0.05, 0.1) is 5.41 Å². The van der Waals surface area contributed by atoms with Crippen LogP contribution in [0.2, 0.25) is 0 Å². The van der Waals surface area contributed by atoms with E-state index in [0.717, 1.165) is 0 Å². The molecule has 8 nitrogen and oxygen atoms in total. The number of piperazine rings is 1. The van der Waals surface area contributed by atoms with Crippen LogP contribution < -0.4 is 0 Å². The number of benzene rings is 1. The van der Waals surface area contributed by atoms with Gasteiger partial charge in [-0.1, -0.05) is 17.3 Å². The summed E-state index contributed by atoms with van der Waals surface area (Å²) in [6.45, 7) is 4.88. The molecule has 0 aliphatic carbocycles. The van der Waals surface area contributed by atoms with E-state index in [4.69, 9.17) is 9.26 Å². The first-order chi connectivity index (χ1) is 14.8. The Morgan fingerprint density at radius 2 is 1.81 bits per heavy atom. The monoisotopic (exact) mass is 451 g/mol. The van der Waals surface area contributed by atoms with Crippen molar-refractivity contribution in [2.45, 2.75) is 37.0 Å². The molecule has 31 heavy (non-hydrogen) atoms. The Kier molecular flexibility index (Phi) is 5.89. The van der Waals surface area contributed by atoms with Gasteiger partial charge in [0.2, 0.25) is 15.9 Å². The van der Waals surface area contributed by atoms with E-state index in [-0.39, 0.29) is 48.6 Å². The van der Waals surface area contributed by atoms with Crippen LogP contribution in [0.1, 0.15) is 29.9 Å². The maximum Gasteiger partial charge on any atom is 0.248 e. The number of aryl methyl sites for hydroxylation is 2. The predicted octanol–water partition coefficient (Wildman–Crippen LogP) is 2.01. The number of carbonyl (C=O) groups excluding carboxylic acids is 1. The van der Waals surface area contributed by atoms with Gasteiger partial charge in [-0.3, -0.25) is 4.79 Å². The van der Waals surface area contributed by atoms with Gasteiger partial charge in [-0.15, -0.1) is 0 Å². The molecule has 2 aromatic rings. The van der Waals surface area contributed by atoms with Crippen molar-refractivity contribution in [3.8, 4) is 0 Å². The van der Waals surface area contributed by atoms with E-state index >= 15 is 0 Å². The third-order valence-corrected chi connectivity index (χ3v) is 8.37. The van der Waals surface area contributed by atoms with E-state index < -0.39 is 15.4 Å². The molecule has 3 heterocycles. The van der Waals surface area contributed by atoms with Crippen molar-refractivity contribution in [2.24, 2.45) is 0 Å². The van der Waals surface area contributed by atoms with Crippen LogP contribution in [0, 0.1) is 19.7 Å². The zero-order valence-electron chi connectivity index (χ0n) is 17.6. The highest BCUT2D eigenvalue weighted by atomic mass is 32.2. The molecule has 4 rings (SSSR count). The average Bonchev–Trinajstić information content (AvgIpc) is 3.12. The zero-order chi connectivity index (χ0) is 22.2. The van der Waals surface area contributed by atoms with Crippen LogP contribution in [-0.2, 0) is 25.0 Å². The highest BCUT2D eigenvalue weighted by Crippen LogP contribution is 2.37. The Labute approximate surface area is 181 Å². The summed E-state index contributed by atoms with van der Waals surface area (Å²) in [7, 11) is -3.76. The average molecular weight is 452 g/mol. The van der Waals surface area contributed by atoms with Crippen molar-refractivity contribution in [2.75, 3.05) is 39.4 Å². The lowest BCUT2D eigenvalue weighted by Crippen LogP contribution is -2.56. The Morgan fingerprint density at radius 1 is 1.13 bits per heavy atom. The number of hydrogen-bond donors (Lipinski definition) is 0. The largest absolute Gasteiger partial charge is 0.381 e. The molecule has 2 fully saturated rings. The van der Waals surface area contributed by atoms with Crippen LogP contribution in [0.15, 0.2) is 33.7 Å². The van der Waals surface area contributed by atoms with Gasteiger partial charge in [-0.2, -0.15) is 4.31 Å². The predicted molar refractivity (Wildman–Crippen MR) is 109 cm³/mol. The van der Waals surface area contributed by atoms with Gasteiger partial charge in [0.1, 0.15) is 16.4 Å². The molecule has 0 saturated carbocycles. The normalized spacial score (nSPS) is 20.0. The summed E-state index contributed by atoms with van der Waals surface area (Å²) >= 11 is 0. The molecule has 0 spiro atoms. The number of hydrogen-bond acceptors (Lipinski definition) is 6. The molecule has 1 amide bonds. The van der Waals surface area contributed by atoms with Gasteiger partial charge in [0, 0.05) is 39.4 Å². The van der Waals surface area contributed by atoms with Gasteiger partial charge in [0.15, 0.2) is 5.76 Å². The molecule has 0 atom stereocenters. The van der Waals surface area contributed by atoms with Gasteiger partial charge in [-0.25, -0.2) is 12.8 Å². The Morgan fingerprint density at radius 3 is 2.39 bits per heavy atom. The van der Waals surface area contributed by atoms with E-state index in [1.807, 2.05) is 0 Å². The van der Waals surface area contributed by atoms with Crippen molar-refractivity contribution in [1.82, 2.24) is 14.4 Å². The molecule has 10 heteroatoms. The molecule has 2 aliphatic heterocycles. The van der Waals surface area contributed by atoms with Crippen LogP contribution in [0.4, 0.5) is 4.39 Å². The molecule has 0 bridgehead atoms. The molecule has 2 aliphatic rings. The number of rotatable bonds is 4. The van der Waals surface area contributed by atoms with Gasteiger partial charge < -0.3 is 14.2 Å². The maximum atomic E-state index is 13.9. The van der Waals surface area contributed by atoms with Crippen LogP contribution >= 0.6 is 0 Å². The first-order valence-electron chi connectivity index (χ1n) is 10.3. The minimum absolute atomic E-state index is 0.0907. The summed E-state index contributed by atoms with van der Waals surface area (Å²) in [6, 6.07) is 6.18. The van der Waals surface area contributed by atoms with Crippen molar-refractivity contribution in [3.63, 3.8) is 0 Å². The van der Waals surface area contributed by atoms with E-state index in [1.54, 1.807) is 30.9 Å². The molecular weight excluding hydrogens is 425 g/mol. The number of sulfonamides is 1. The number of carbonyl (C=O) groups is 1. The summed E-state index contributed by atoms with van der Waals surface area (Å²) in [4.78, 5) is 15.4. The standard InChI is InChI=1S/C21H26FN3O5S/c1-15-19(16(2)30-23-15)31(27,28)25-10-8-24(9-11-25)20(26)21(6-12-29-13-7-21)17-4-3-5-18(22)14-17/h3-5,14H,6-13H2,1-2H3. The minimum Gasteiger partial charge on any atom is -0.381 e. The smallest absolute Gasteiger partial charge is 0.248 e. The van der Waals surface area contributed by atoms with E-state index in [1.165, 1.54) is 16.4 Å². The van der Waals surface area contributed by atoms with Crippen LogP contribution in [0.3, 0.4) is 0 Å². The van der Waals surface area contributed by atoms with Crippen molar-refractivity contribution >= 4 is 15.9 Å². The number of ether oxygens (including phenoxy) is 1. The highest BCUT2D eigenvalue weighted by molar-refractivity contribution is 7.89. The molecule has 2 saturated heterocycles. The third kappa shape index (κ3) is 3.88. The number of amides is 1. The third-order valence-electron chi connectivity index (χ3n) is 6.22. The SMILES string of the molecule is Cc1noc(C)c1S(=O)(=O)N1CCN(C(=O)C2(c3cccc(F)c3)CCOCC2)CC1. The second-order valence-electron chi connectivity index (χ2n) is 8.05. The lowest BCUT2D eigenvalue weighted by atomic mass is 9.73. The molecular formula is C21H26FN3O5S. The van der Waals surface area contributed by atoms with Crippen molar-refractivity contribution < 1.29 is 26.9 Å². The minimum atomic E-state index is -3.76. The molecule has 0 N–H and O–H groups in total. The van der Waals surface area contributed by atoms with Crippen molar-refractivity contribution in [1.29, 1.82) is 0 Å². The quantitative estimate of drug-likeness (QED) is 0.706. The lowest BCUT2D eigenvalue weighted by molar-refractivity contribution is -0.142. The first kappa shape index (κ1) is 21.9. The first-order valence-corrected chi connectivity index (χ1v) is 11.8. The van der Waals surface area contributed by atoms with Gasteiger partial charge in [-0.05, 0) is 44.4 Å². The maximum absolute atomic E-state index is 13.9. The fraction of sp³-hybridized carbons (Fsp3) is 0.524. The molecule has 0 radical (unpaired) electrons. The molecule has 1 aromatic carbocycles. The summed E-state index contributed by atoms with van der Waals surface area (Å²) in [5, 5.41) is 3.74. The second-order valence-corrected chi connectivity index (χ2v) is 9.93. The molecule has 1 aromatic heterocycles. The second kappa shape index (κ2) is 8.33.